The van der Waals surface area contributed by atoms with Crippen molar-refractivity contribution in [3.8, 4) is 11.6 Å². The lowest BCUT2D eigenvalue weighted by Gasteiger charge is -2.20. The van der Waals surface area contributed by atoms with E-state index in [0.717, 1.165) is 32.4 Å². The molecule has 2 aliphatic rings. The first kappa shape index (κ1) is 17.7. The summed E-state index contributed by atoms with van der Waals surface area (Å²) in [5.41, 5.74) is 1.86. The number of hydrogen-bond donors (Lipinski definition) is 1. The van der Waals surface area contributed by atoms with Gasteiger partial charge in [0.25, 0.3) is 5.89 Å². The molecule has 0 unspecified atom stereocenters. The number of nitrogens with zero attached hydrogens (tertiary/aromatic N) is 4. The maximum atomic E-state index is 13.3. The Bertz CT molecular complexity index is 913. The summed E-state index contributed by atoms with van der Waals surface area (Å²) in [7, 11) is -1.55. The minimum atomic E-state index is -3.57. The van der Waals surface area contributed by atoms with E-state index in [0.29, 0.717) is 52.6 Å². The summed E-state index contributed by atoms with van der Waals surface area (Å²) >= 11 is 0. The molecular weight excluding hydrogens is 354 g/mol. The highest BCUT2D eigenvalue weighted by atomic mass is 32.2. The van der Waals surface area contributed by atoms with Crippen LogP contribution in [0.3, 0.4) is 0 Å². The highest BCUT2D eigenvalue weighted by molar-refractivity contribution is 7.89. The lowest BCUT2D eigenvalue weighted by atomic mass is 10.2. The van der Waals surface area contributed by atoms with Gasteiger partial charge in [0.05, 0.1) is 0 Å². The minimum absolute atomic E-state index is 0.336. The predicted molar refractivity (Wildman–Crippen MR) is 96.4 cm³/mol. The Hall–Kier alpha value is -1.71. The molecule has 0 aromatic carbocycles. The number of aromatic nitrogens is 3. The van der Waals surface area contributed by atoms with Crippen LogP contribution in [0.25, 0.3) is 11.6 Å². The normalized spacial score (nSPS) is 20.4. The largest absolute Gasteiger partial charge is 0.419 e. The quantitative estimate of drug-likeness (QED) is 0.871. The second-order valence-corrected chi connectivity index (χ2v) is 9.23. The fraction of sp³-hybridized carbons (Fsp3) is 0.647. The molecule has 1 aliphatic carbocycles. The summed E-state index contributed by atoms with van der Waals surface area (Å²) in [6.07, 6.45) is 2.99. The van der Waals surface area contributed by atoms with Crippen LogP contribution >= 0.6 is 0 Å². The van der Waals surface area contributed by atoms with Gasteiger partial charge in [-0.05, 0) is 52.3 Å². The van der Waals surface area contributed by atoms with E-state index in [9.17, 15) is 8.42 Å². The average Bonchev–Trinajstić information content (AvgIpc) is 3.29. The maximum absolute atomic E-state index is 13.3. The van der Waals surface area contributed by atoms with Crippen LogP contribution in [0, 0.1) is 13.8 Å². The smallest absolute Gasteiger partial charge is 0.264 e. The van der Waals surface area contributed by atoms with Gasteiger partial charge in [0.2, 0.25) is 15.9 Å². The first-order valence-corrected chi connectivity index (χ1v) is 10.5. The molecule has 0 radical (unpaired) electrons. The van der Waals surface area contributed by atoms with Crippen molar-refractivity contribution >= 4 is 10.0 Å². The van der Waals surface area contributed by atoms with Crippen LogP contribution in [0.4, 0.5) is 0 Å². The van der Waals surface area contributed by atoms with E-state index in [1.165, 1.54) is 0 Å². The van der Waals surface area contributed by atoms with Crippen LogP contribution in [-0.2, 0) is 10.0 Å². The molecule has 0 atom stereocenters. The zero-order chi connectivity index (χ0) is 18.5. The molecule has 9 heteroatoms. The molecule has 1 N–H and O–H groups in total. The van der Waals surface area contributed by atoms with Gasteiger partial charge >= 0.3 is 0 Å². The summed E-state index contributed by atoms with van der Waals surface area (Å²) in [5, 5.41) is 8.22. The second kappa shape index (κ2) is 6.47. The molecule has 8 nitrogen and oxygen atoms in total. The molecule has 1 saturated carbocycles. The highest BCUT2D eigenvalue weighted by Crippen LogP contribution is 2.40. The molecule has 4 rings (SSSR count). The van der Waals surface area contributed by atoms with Crippen molar-refractivity contribution in [2.75, 3.05) is 33.2 Å². The van der Waals surface area contributed by atoms with E-state index in [-0.39, 0.29) is 0 Å². The van der Waals surface area contributed by atoms with Crippen molar-refractivity contribution in [3.63, 3.8) is 0 Å². The molecule has 3 heterocycles. The van der Waals surface area contributed by atoms with E-state index in [1.54, 1.807) is 18.2 Å². The molecule has 1 aliphatic heterocycles. The molecule has 26 heavy (non-hydrogen) atoms. The van der Waals surface area contributed by atoms with Crippen molar-refractivity contribution < 1.29 is 12.8 Å². The fourth-order valence-corrected chi connectivity index (χ4v) is 5.43. The lowest BCUT2D eigenvalue weighted by molar-refractivity contribution is 0.347. The first-order valence-electron chi connectivity index (χ1n) is 9.09. The van der Waals surface area contributed by atoms with Crippen molar-refractivity contribution in [3.05, 3.63) is 17.1 Å². The number of nitrogens with one attached hydrogen (secondary N) is 1. The van der Waals surface area contributed by atoms with Gasteiger partial charge in [0.1, 0.15) is 10.6 Å². The predicted octanol–water partition coefficient (Wildman–Crippen LogP) is 1.89. The summed E-state index contributed by atoms with van der Waals surface area (Å²) < 4.78 is 33.9. The van der Waals surface area contributed by atoms with E-state index in [2.05, 4.69) is 20.1 Å². The molecule has 1 saturated heterocycles. The summed E-state index contributed by atoms with van der Waals surface area (Å²) in [5.74, 6) is 1.38. The molecule has 2 aromatic heterocycles. The average molecular weight is 379 g/mol. The van der Waals surface area contributed by atoms with Crippen molar-refractivity contribution in [1.82, 2.24) is 24.4 Å². The topological polar surface area (TPSA) is 95.3 Å². The van der Waals surface area contributed by atoms with Gasteiger partial charge in [0.15, 0.2) is 0 Å². The van der Waals surface area contributed by atoms with Gasteiger partial charge in [-0.25, -0.2) is 8.42 Å². The van der Waals surface area contributed by atoms with E-state index >= 15 is 0 Å². The Balaban J connectivity index is 1.68. The molecule has 2 fully saturated rings. The lowest BCUT2D eigenvalue weighted by Crippen LogP contribution is -2.35. The number of hydrogen-bond acceptors (Lipinski definition) is 6. The monoisotopic (exact) mass is 379 g/mol. The SMILES string of the molecule is Cc1[nH]c(-c2nnc(C3CC3)o2)c(C)c1S(=O)(=O)N1CCCN(C)CC1. The Morgan fingerprint density at radius 3 is 2.62 bits per heavy atom. The number of likely N-dealkylation sites (N-methyl/N-ethyl adjacent to an activating group) is 1. The minimum Gasteiger partial charge on any atom is -0.419 e. The van der Waals surface area contributed by atoms with Gasteiger partial charge < -0.3 is 14.3 Å². The highest BCUT2D eigenvalue weighted by Gasteiger charge is 2.34. The molecule has 2 aromatic rings. The van der Waals surface area contributed by atoms with Crippen LogP contribution in [-0.4, -0.2) is 66.0 Å². The third-order valence-electron chi connectivity index (χ3n) is 5.23. The van der Waals surface area contributed by atoms with Crippen LogP contribution in [0.2, 0.25) is 0 Å². The van der Waals surface area contributed by atoms with Crippen LogP contribution < -0.4 is 0 Å². The summed E-state index contributed by atoms with van der Waals surface area (Å²) in [4.78, 5) is 5.66. The molecular formula is C17H25N5O3S. The summed E-state index contributed by atoms with van der Waals surface area (Å²) in [6.45, 7) is 6.28. The molecule has 0 bridgehead atoms. The Labute approximate surface area is 153 Å². The number of rotatable bonds is 4. The second-order valence-electron chi connectivity index (χ2n) is 7.36. The zero-order valence-electron chi connectivity index (χ0n) is 15.4. The van der Waals surface area contributed by atoms with E-state index < -0.39 is 10.0 Å². The van der Waals surface area contributed by atoms with E-state index in [1.807, 2.05) is 7.05 Å². The van der Waals surface area contributed by atoms with Crippen molar-refractivity contribution in [2.24, 2.45) is 0 Å². The van der Waals surface area contributed by atoms with Crippen molar-refractivity contribution in [2.45, 2.75) is 43.9 Å². The summed E-state index contributed by atoms with van der Waals surface area (Å²) in [6, 6.07) is 0. The molecule has 142 valence electrons. The number of aromatic amines is 1. The molecule has 0 amide bonds. The van der Waals surface area contributed by atoms with Crippen LogP contribution in [0.15, 0.2) is 9.31 Å². The third kappa shape index (κ3) is 3.08. The van der Waals surface area contributed by atoms with Crippen LogP contribution in [0.5, 0.6) is 0 Å². The number of H-pyrrole nitrogens is 1. The van der Waals surface area contributed by atoms with Gasteiger partial charge in [-0.2, -0.15) is 4.31 Å². The Kier molecular flexibility index (Phi) is 4.40. The van der Waals surface area contributed by atoms with E-state index in [4.69, 9.17) is 4.42 Å². The first-order chi connectivity index (χ1) is 12.4. The zero-order valence-corrected chi connectivity index (χ0v) is 16.3. The van der Waals surface area contributed by atoms with Gasteiger partial charge in [-0.3, -0.25) is 0 Å². The number of aryl methyl sites for hydroxylation is 1. The Morgan fingerprint density at radius 2 is 1.88 bits per heavy atom. The van der Waals surface area contributed by atoms with Gasteiger partial charge in [-0.15, -0.1) is 10.2 Å². The number of sulfonamides is 1. The maximum Gasteiger partial charge on any atom is 0.264 e. The van der Waals surface area contributed by atoms with Crippen molar-refractivity contribution in [1.29, 1.82) is 0 Å². The molecule has 0 spiro atoms. The van der Waals surface area contributed by atoms with Crippen LogP contribution in [0.1, 0.15) is 42.3 Å². The van der Waals surface area contributed by atoms with Gasteiger partial charge in [-0.1, -0.05) is 0 Å². The fourth-order valence-electron chi connectivity index (χ4n) is 3.56. The Morgan fingerprint density at radius 1 is 1.12 bits per heavy atom. The van der Waals surface area contributed by atoms with Gasteiger partial charge in [0, 0.05) is 31.2 Å². The standard InChI is InChI=1S/C17H25N5O3S/c1-11-14(17-20-19-16(25-17)13-5-6-13)18-12(2)15(11)26(23,24)22-8-4-7-21(3)9-10-22/h13,18H,4-10H2,1-3H3. The third-order valence-corrected chi connectivity index (χ3v) is 7.40.